The number of hydrogen-bond acceptors (Lipinski definition) is 7. The number of carbonyl (C=O) groups is 2. The van der Waals surface area contributed by atoms with Crippen LogP contribution in [0.1, 0.15) is 18.2 Å². The van der Waals surface area contributed by atoms with E-state index in [4.69, 9.17) is 9.15 Å². The Hall–Kier alpha value is -2.35. The molecular formula is C16H17N3O4S. The summed E-state index contributed by atoms with van der Waals surface area (Å²) < 4.78 is 10.3. The van der Waals surface area contributed by atoms with Crippen molar-refractivity contribution in [3.8, 4) is 0 Å². The van der Waals surface area contributed by atoms with Crippen molar-refractivity contribution in [2.75, 3.05) is 17.7 Å². The van der Waals surface area contributed by atoms with E-state index in [0.717, 1.165) is 10.6 Å². The molecule has 24 heavy (non-hydrogen) atoms. The van der Waals surface area contributed by atoms with Gasteiger partial charge in [-0.05, 0) is 24.5 Å². The zero-order valence-electron chi connectivity index (χ0n) is 13.4. The Morgan fingerprint density at radius 1 is 1.46 bits per heavy atom. The first-order chi connectivity index (χ1) is 11.6. The second-order valence-corrected chi connectivity index (χ2v) is 6.31. The first kappa shape index (κ1) is 16.5. The number of esters is 1. The van der Waals surface area contributed by atoms with E-state index >= 15 is 0 Å². The van der Waals surface area contributed by atoms with E-state index in [1.54, 1.807) is 23.6 Å². The van der Waals surface area contributed by atoms with Gasteiger partial charge in [-0.1, -0.05) is 6.07 Å². The van der Waals surface area contributed by atoms with Crippen LogP contribution in [0.3, 0.4) is 0 Å². The van der Waals surface area contributed by atoms with E-state index in [-0.39, 0.29) is 24.8 Å². The molecule has 1 atom stereocenters. The highest BCUT2D eigenvalue weighted by atomic mass is 32.2. The fourth-order valence-electron chi connectivity index (χ4n) is 2.54. The molecule has 1 fully saturated rings. The summed E-state index contributed by atoms with van der Waals surface area (Å²) in [5.41, 5.74) is 0.801. The van der Waals surface area contributed by atoms with Gasteiger partial charge in [-0.15, -0.1) is 22.0 Å². The van der Waals surface area contributed by atoms with E-state index < -0.39 is 11.9 Å². The quantitative estimate of drug-likeness (QED) is 0.605. The molecule has 1 aliphatic heterocycles. The summed E-state index contributed by atoms with van der Waals surface area (Å²) in [5.74, 6) is -0.335. The fourth-order valence-corrected chi connectivity index (χ4v) is 2.99. The molecule has 7 nitrogen and oxygen atoms in total. The third kappa shape index (κ3) is 3.59. The average Bonchev–Trinajstić information content (AvgIpc) is 3.18. The molecule has 0 radical (unpaired) electrons. The predicted octanol–water partition coefficient (Wildman–Crippen LogP) is 2.20. The molecule has 3 rings (SSSR count). The molecule has 0 saturated carbocycles. The molecule has 8 heteroatoms. The maximum Gasteiger partial charge on any atom is 0.311 e. The van der Waals surface area contributed by atoms with Gasteiger partial charge >= 0.3 is 5.97 Å². The largest absolute Gasteiger partial charge is 0.455 e. The highest BCUT2D eigenvalue weighted by Gasteiger charge is 2.36. The van der Waals surface area contributed by atoms with Gasteiger partial charge in [-0.2, -0.15) is 0 Å². The van der Waals surface area contributed by atoms with Crippen LogP contribution in [0, 0.1) is 12.8 Å². The number of ether oxygens (including phenoxy) is 1. The predicted molar refractivity (Wildman–Crippen MR) is 87.5 cm³/mol. The number of anilines is 1. The molecule has 0 aliphatic carbocycles. The van der Waals surface area contributed by atoms with E-state index in [1.165, 1.54) is 0 Å². The lowest BCUT2D eigenvalue weighted by atomic mass is 10.1. The third-order valence-corrected chi connectivity index (χ3v) is 4.45. The highest BCUT2D eigenvalue weighted by Crippen LogP contribution is 2.28. The Balaban J connectivity index is 1.62. The van der Waals surface area contributed by atoms with Gasteiger partial charge < -0.3 is 14.1 Å². The number of hydrogen-bond donors (Lipinski definition) is 0. The number of rotatable bonds is 5. The van der Waals surface area contributed by atoms with Gasteiger partial charge in [-0.3, -0.25) is 9.59 Å². The number of aryl methyl sites for hydroxylation is 1. The van der Waals surface area contributed by atoms with Crippen LogP contribution in [0.15, 0.2) is 33.6 Å². The van der Waals surface area contributed by atoms with Crippen molar-refractivity contribution >= 4 is 29.3 Å². The van der Waals surface area contributed by atoms with Crippen LogP contribution < -0.4 is 4.90 Å². The Morgan fingerprint density at radius 2 is 2.29 bits per heavy atom. The second-order valence-electron chi connectivity index (χ2n) is 5.43. The molecule has 1 aromatic carbocycles. The van der Waals surface area contributed by atoms with Gasteiger partial charge in [0.05, 0.1) is 5.92 Å². The number of thioether (sulfide) groups is 1. The minimum atomic E-state index is -0.487. The lowest BCUT2D eigenvalue weighted by Gasteiger charge is -2.17. The smallest absolute Gasteiger partial charge is 0.311 e. The summed E-state index contributed by atoms with van der Waals surface area (Å²) >= 11 is 1.60. The Labute approximate surface area is 143 Å². The van der Waals surface area contributed by atoms with Gasteiger partial charge in [0.2, 0.25) is 11.8 Å². The fraction of sp³-hybridized carbons (Fsp3) is 0.375. The number of nitrogens with zero attached hydrogens (tertiary/aromatic N) is 3. The van der Waals surface area contributed by atoms with Crippen LogP contribution in [0.4, 0.5) is 5.69 Å². The first-order valence-corrected chi connectivity index (χ1v) is 8.69. The molecule has 0 bridgehead atoms. The molecule has 126 valence electrons. The van der Waals surface area contributed by atoms with Crippen molar-refractivity contribution in [1.82, 2.24) is 10.2 Å². The number of amides is 1. The summed E-state index contributed by atoms with van der Waals surface area (Å²) in [5, 5.41) is 7.44. The summed E-state index contributed by atoms with van der Waals surface area (Å²) in [7, 11) is 0. The van der Waals surface area contributed by atoms with Crippen molar-refractivity contribution < 1.29 is 18.7 Å². The van der Waals surface area contributed by atoms with Crippen LogP contribution in [-0.4, -0.2) is 34.9 Å². The van der Waals surface area contributed by atoms with Crippen LogP contribution in [-0.2, 0) is 20.9 Å². The normalized spacial score (nSPS) is 17.3. The van der Waals surface area contributed by atoms with Crippen molar-refractivity contribution in [3.05, 3.63) is 36.0 Å². The summed E-state index contributed by atoms with van der Waals surface area (Å²) in [6, 6.07) is 7.69. The lowest BCUT2D eigenvalue weighted by molar-refractivity contribution is -0.150. The minimum absolute atomic E-state index is 0.0771. The minimum Gasteiger partial charge on any atom is -0.455 e. The number of benzene rings is 1. The first-order valence-electron chi connectivity index (χ1n) is 7.47. The van der Waals surface area contributed by atoms with Crippen molar-refractivity contribution in [1.29, 1.82) is 0 Å². The van der Waals surface area contributed by atoms with Crippen LogP contribution in [0.25, 0.3) is 0 Å². The molecule has 1 aliphatic rings. The van der Waals surface area contributed by atoms with E-state index in [9.17, 15) is 9.59 Å². The highest BCUT2D eigenvalue weighted by molar-refractivity contribution is 7.98. The number of aromatic nitrogens is 2. The second kappa shape index (κ2) is 7.04. The van der Waals surface area contributed by atoms with E-state index in [1.807, 2.05) is 30.5 Å². The van der Waals surface area contributed by atoms with Gasteiger partial charge in [0.15, 0.2) is 6.61 Å². The van der Waals surface area contributed by atoms with Gasteiger partial charge in [-0.25, -0.2) is 0 Å². The van der Waals surface area contributed by atoms with Crippen LogP contribution in [0.2, 0.25) is 0 Å². The Morgan fingerprint density at radius 3 is 3.00 bits per heavy atom. The molecule has 2 heterocycles. The zero-order chi connectivity index (χ0) is 17.1. The van der Waals surface area contributed by atoms with Gasteiger partial charge in [0.1, 0.15) is 0 Å². The molecule has 0 N–H and O–H groups in total. The molecule has 1 saturated heterocycles. The van der Waals surface area contributed by atoms with E-state index in [0.29, 0.717) is 12.4 Å². The van der Waals surface area contributed by atoms with Crippen LogP contribution >= 0.6 is 11.8 Å². The monoisotopic (exact) mass is 347 g/mol. The topological polar surface area (TPSA) is 85.5 Å². The molecule has 1 aromatic heterocycles. The van der Waals surface area contributed by atoms with Crippen molar-refractivity contribution in [2.45, 2.75) is 24.8 Å². The Kier molecular flexibility index (Phi) is 4.84. The average molecular weight is 347 g/mol. The van der Waals surface area contributed by atoms with Gasteiger partial charge in [0, 0.05) is 30.5 Å². The van der Waals surface area contributed by atoms with Gasteiger partial charge in [0.25, 0.3) is 5.89 Å². The standard InChI is InChI=1S/C16H17N3O4S/c1-10-17-18-14(23-10)9-22-16(21)11-6-15(20)19(8-11)12-4-3-5-13(7-12)24-2/h3-5,7,11H,6,8-9H2,1-2H3/t11-/m0/s1. The molecular weight excluding hydrogens is 330 g/mol. The van der Waals surface area contributed by atoms with Crippen LogP contribution in [0.5, 0.6) is 0 Å². The summed E-state index contributed by atoms with van der Waals surface area (Å²) in [4.78, 5) is 27.1. The third-order valence-electron chi connectivity index (χ3n) is 3.73. The lowest BCUT2D eigenvalue weighted by Crippen LogP contribution is -2.26. The SMILES string of the molecule is CSc1cccc(N2C[C@@H](C(=O)OCc3nnc(C)o3)CC2=O)c1. The molecule has 0 unspecified atom stereocenters. The molecule has 0 spiro atoms. The maximum atomic E-state index is 12.2. The van der Waals surface area contributed by atoms with E-state index in [2.05, 4.69) is 10.2 Å². The maximum absolute atomic E-state index is 12.2. The molecule has 2 aromatic rings. The van der Waals surface area contributed by atoms with Crippen molar-refractivity contribution in [3.63, 3.8) is 0 Å². The summed E-state index contributed by atoms with van der Waals surface area (Å²) in [6.07, 6.45) is 2.12. The summed E-state index contributed by atoms with van der Waals surface area (Å²) in [6.45, 7) is 1.90. The number of carbonyl (C=O) groups excluding carboxylic acids is 2. The zero-order valence-corrected chi connectivity index (χ0v) is 14.2. The molecule has 1 amide bonds. The van der Waals surface area contributed by atoms with Crippen molar-refractivity contribution in [2.24, 2.45) is 5.92 Å². The Bertz CT molecular complexity index is 761.